The highest BCUT2D eigenvalue weighted by atomic mass is 32.2. The second-order valence-electron chi connectivity index (χ2n) is 5.67. The van der Waals surface area contributed by atoms with Gasteiger partial charge < -0.3 is 14.2 Å². The molecule has 0 aliphatic carbocycles. The van der Waals surface area contributed by atoms with Gasteiger partial charge in [0.15, 0.2) is 5.79 Å². The Labute approximate surface area is 135 Å². The first-order valence-corrected chi connectivity index (χ1v) is 8.45. The van der Waals surface area contributed by atoms with Crippen LogP contribution < -0.4 is 0 Å². The zero-order chi connectivity index (χ0) is 17.3. The highest BCUT2D eigenvalue weighted by molar-refractivity contribution is 7.86. The van der Waals surface area contributed by atoms with Gasteiger partial charge in [-0.05, 0) is 32.9 Å². The van der Waals surface area contributed by atoms with Crippen LogP contribution in [0.1, 0.15) is 19.4 Å². The van der Waals surface area contributed by atoms with Gasteiger partial charge in [0.2, 0.25) is 6.10 Å². The molecule has 1 aliphatic rings. The number of aryl methyl sites for hydroxylation is 1. The summed E-state index contributed by atoms with van der Waals surface area (Å²) in [5, 5.41) is 0. The first-order chi connectivity index (χ1) is 10.6. The molecule has 0 radical (unpaired) electrons. The van der Waals surface area contributed by atoms with E-state index >= 15 is 0 Å². The van der Waals surface area contributed by atoms with Gasteiger partial charge in [0.05, 0.1) is 18.6 Å². The van der Waals surface area contributed by atoms with E-state index in [0.717, 1.165) is 12.7 Å². The van der Waals surface area contributed by atoms with E-state index in [4.69, 9.17) is 13.7 Å². The van der Waals surface area contributed by atoms with Crippen LogP contribution >= 0.6 is 0 Å². The van der Waals surface area contributed by atoms with Gasteiger partial charge in [-0.15, -0.1) is 0 Å². The Morgan fingerprint density at radius 1 is 1.30 bits per heavy atom. The van der Waals surface area contributed by atoms with Crippen molar-refractivity contribution in [1.82, 2.24) is 0 Å². The molecule has 1 fully saturated rings. The van der Waals surface area contributed by atoms with Crippen LogP contribution in [0.25, 0.3) is 0 Å². The number of hydrogen-bond acceptors (Lipinski definition) is 7. The van der Waals surface area contributed by atoms with Gasteiger partial charge in [0, 0.05) is 0 Å². The molecule has 0 N–H and O–H groups in total. The molecule has 0 unspecified atom stereocenters. The van der Waals surface area contributed by atoms with Crippen LogP contribution in [0.4, 0.5) is 0 Å². The lowest BCUT2D eigenvalue weighted by atomic mass is 10.2. The van der Waals surface area contributed by atoms with Crippen LogP contribution in [-0.4, -0.2) is 46.1 Å². The predicted molar refractivity (Wildman–Crippen MR) is 80.2 cm³/mol. The Hall–Kier alpha value is -1.48. The van der Waals surface area contributed by atoms with Crippen LogP contribution in [0.2, 0.25) is 0 Å². The van der Waals surface area contributed by atoms with Crippen LogP contribution in [0.5, 0.6) is 0 Å². The first kappa shape index (κ1) is 17.9. The SMILES string of the molecule is COC(=O)[C@H](OS(=O)(=O)c1ccc(C)cc1)[C@@H]1COC(C)(C)O1. The van der Waals surface area contributed by atoms with Crippen LogP contribution in [0.15, 0.2) is 29.2 Å². The Balaban J connectivity index is 2.24. The minimum atomic E-state index is -4.14. The van der Waals surface area contributed by atoms with Crippen molar-refractivity contribution >= 4 is 16.1 Å². The number of benzene rings is 1. The van der Waals surface area contributed by atoms with Gasteiger partial charge in [-0.1, -0.05) is 17.7 Å². The van der Waals surface area contributed by atoms with Crippen LogP contribution in [0, 0.1) is 6.92 Å². The molecule has 1 aromatic rings. The summed E-state index contributed by atoms with van der Waals surface area (Å²) in [5.41, 5.74) is 0.905. The predicted octanol–water partition coefficient (Wildman–Crippen LogP) is 1.39. The zero-order valence-corrected chi connectivity index (χ0v) is 14.3. The fourth-order valence-corrected chi connectivity index (χ4v) is 3.19. The van der Waals surface area contributed by atoms with Crippen molar-refractivity contribution in [2.24, 2.45) is 0 Å². The molecule has 2 atom stereocenters. The molecule has 0 saturated carbocycles. The van der Waals surface area contributed by atoms with E-state index in [9.17, 15) is 13.2 Å². The summed E-state index contributed by atoms with van der Waals surface area (Å²) < 4.78 is 45.3. The van der Waals surface area contributed by atoms with Gasteiger partial charge in [0.25, 0.3) is 10.1 Å². The molecule has 1 saturated heterocycles. The van der Waals surface area contributed by atoms with Gasteiger partial charge in [-0.3, -0.25) is 0 Å². The fourth-order valence-electron chi connectivity index (χ4n) is 2.13. The third-order valence-corrected chi connectivity index (χ3v) is 4.65. The normalized spacial score (nSPS) is 21.8. The standard InChI is InChI=1S/C15H20O7S/c1-10-5-7-11(8-6-10)23(17,18)22-13(14(16)19-4)12-9-20-15(2,3)21-12/h5-8,12-13H,9H2,1-4H3/t12-,13+/m0/s1. The highest BCUT2D eigenvalue weighted by Gasteiger charge is 2.44. The molecule has 128 valence electrons. The van der Waals surface area contributed by atoms with E-state index in [2.05, 4.69) is 4.74 Å². The summed E-state index contributed by atoms with van der Waals surface area (Å²) in [4.78, 5) is 11.9. The van der Waals surface area contributed by atoms with E-state index in [0.29, 0.717) is 0 Å². The number of esters is 1. The van der Waals surface area contributed by atoms with Gasteiger partial charge in [0.1, 0.15) is 6.10 Å². The molecule has 1 heterocycles. The van der Waals surface area contributed by atoms with Gasteiger partial charge in [-0.25, -0.2) is 8.98 Å². The maximum Gasteiger partial charge on any atom is 0.339 e. The average Bonchev–Trinajstić information content (AvgIpc) is 2.84. The maximum atomic E-state index is 12.4. The second-order valence-corrected chi connectivity index (χ2v) is 7.25. The monoisotopic (exact) mass is 344 g/mol. The molecule has 2 rings (SSSR count). The minimum absolute atomic E-state index is 0.0240. The molecule has 0 aromatic heterocycles. The van der Waals surface area contributed by atoms with Crippen molar-refractivity contribution < 1.29 is 31.6 Å². The Kier molecular flexibility index (Phi) is 5.10. The summed E-state index contributed by atoms with van der Waals surface area (Å²) in [7, 11) is -2.99. The lowest BCUT2D eigenvalue weighted by Crippen LogP contribution is -2.41. The molecular weight excluding hydrogens is 324 g/mol. The number of hydrogen-bond donors (Lipinski definition) is 0. The van der Waals surface area contributed by atoms with Crippen molar-refractivity contribution in [2.45, 2.75) is 43.7 Å². The van der Waals surface area contributed by atoms with Crippen LogP contribution in [0.3, 0.4) is 0 Å². The molecule has 0 spiro atoms. The Bertz CT molecular complexity index is 664. The topological polar surface area (TPSA) is 88.1 Å². The van der Waals surface area contributed by atoms with Crippen molar-refractivity contribution in [3.05, 3.63) is 29.8 Å². The summed E-state index contributed by atoms with van der Waals surface area (Å²) in [5.74, 6) is -1.76. The summed E-state index contributed by atoms with van der Waals surface area (Å²) >= 11 is 0. The Morgan fingerprint density at radius 2 is 1.91 bits per heavy atom. The largest absolute Gasteiger partial charge is 0.467 e. The average molecular weight is 344 g/mol. The lowest BCUT2D eigenvalue weighted by Gasteiger charge is -2.22. The van der Waals surface area contributed by atoms with E-state index in [1.165, 1.54) is 12.1 Å². The lowest BCUT2D eigenvalue weighted by molar-refractivity contribution is -0.167. The zero-order valence-electron chi connectivity index (χ0n) is 13.4. The van der Waals surface area contributed by atoms with Crippen molar-refractivity contribution in [1.29, 1.82) is 0 Å². The molecule has 0 bridgehead atoms. The quantitative estimate of drug-likeness (QED) is 0.589. The number of rotatable bonds is 5. The van der Waals surface area contributed by atoms with Crippen molar-refractivity contribution in [3.63, 3.8) is 0 Å². The summed E-state index contributed by atoms with van der Waals surface area (Å²) in [6, 6.07) is 6.10. The fraction of sp³-hybridized carbons (Fsp3) is 0.533. The van der Waals surface area contributed by atoms with E-state index in [1.807, 2.05) is 6.92 Å². The number of methoxy groups -OCH3 is 1. The second kappa shape index (κ2) is 6.56. The van der Waals surface area contributed by atoms with E-state index < -0.39 is 34.1 Å². The molecule has 0 amide bonds. The van der Waals surface area contributed by atoms with Crippen LogP contribution in [-0.2, 0) is 33.3 Å². The van der Waals surface area contributed by atoms with Crippen molar-refractivity contribution in [2.75, 3.05) is 13.7 Å². The smallest absolute Gasteiger partial charge is 0.339 e. The molecule has 23 heavy (non-hydrogen) atoms. The third-order valence-electron chi connectivity index (χ3n) is 3.34. The molecule has 1 aliphatic heterocycles. The molecular formula is C15H20O7S. The molecule has 1 aromatic carbocycles. The summed E-state index contributed by atoms with van der Waals surface area (Å²) in [6.45, 7) is 5.18. The minimum Gasteiger partial charge on any atom is -0.467 e. The Morgan fingerprint density at radius 3 is 2.39 bits per heavy atom. The van der Waals surface area contributed by atoms with E-state index in [1.54, 1.807) is 26.0 Å². The third kappa shape index (κ3) is 4.29. The number of carbonyl (C=O) groups is 1. The van der Waals surface area contributed by atoms with E-state index in [-0.39, 0.29) is 11.5 Å². The maximum absolute atomic E-state index is 12.4. The highest BCUT2D eigenvalue weighted by Crippen LogP contribution is 2.27. The first-order valence-electron chi connectivity index (χ1n) is 7.04. The number of ether oxygens (including phenoxy) is 3. The summed E-state index contributed by atoms with van der Waals surface area (Å²) in [6.07, 6.45) is -2.31. The number of carbonyl (C=O) groups excluding carboxylic acids is 1. The van der Waals surface area contributed by atoms with Crippen molar-refractivity contribution in [3.8, 4) is 0 Å². The molecule has 7 nitrogen and oxygen atoms in total. The van der Waals surface area contributed by atoms with Gasteiger partial charge >= 0.3 is 5.97 Å². The molecule has 8 heteroatoms. The van der Waals surface area contributed by atoms with Gasteiger partial charge in [-0.2, -0.15) is 8.42 Å².